The van der Waals surface area contributed by atoms with Crippen LogP contribution in [0.25, 0.3) is 28.2 Å². The van der Waals surface area contributed by atoms with Crippen LogP contribution >= 0.6 is 15.9 Å². The lowest BCUT2D eigenvalue weighted by molar-refractivity contribution is 0.412. The van der Waals surface area contributed by atoms with Crippen LogP contribution in [0.5, 0.6) is 5.75 Å². The molecule has 6 nitrogen and oxygen atoms in total. The van der Waals surface area contributed by atoms with E-state index in [-0.39, 0.29) is 5.56 Å². The standard InChI is InChI=1S/C23H15BrN4O2/c1-30-22-12-15(9-10-18(22)24)17-13-20(19-7-4-5-11-26-19)27-28(23(17)29)21-8-3-2-6-16(21)14-25/h2-13H,1H3. The van der Waals surface area contributed by atoms with E-state index in [0.717, 1.165) is 4.47 Å². The van der Waals surface area contributed by atoms with E-state index in [1.807, 2.05) is 30.3 Å². The molecule has 7 heteroatoms. The van der Waals surface area contributed by atoms with Crippen molar-refractivity contribution in [3.63, 3.8) is 0 Å². The number of aromatic nitrogens is 3. The van der Waals surface area contributed by atoms with Crippen LogP contribution in [-0.2, 0) is 0 Å². The average molecular weight is 459 g/mol. The molecule has 2 heterocycles. The number of ether oxygens (including phenoxy) is 1. The van der Waals surface area contributed by atoms with Crippen LogP contribution in [0.4, 0.5) is 0 Å². The third-order valence-corrected chi connectivity index (χ3v) is 5.21. The van der Waals surface area contributed by atoms with E-state index in [1.54, 1.807) is 49.7 Å². The number of rotatable bonds is 4. The first kappa shape index (κ1) is 19.6. The molecule has 0 saturated carbocycles. The largest absolute Gasteiger partial charge is 0.496 e. The van der Waals surface area contributed by atoms with E-state index in [4.69, 9.17) is 4.74 Å². The predicted octanol–water partition coefficient (Wildman–Crippen LogP) is 4.60. The van der Waals surface area contributed by atoms with Crippen LogP contribution in [0.15, 0.2) is 82.2 Å². The highest BCUT2D eigenvalue weighted by atomic mass is 79.9. The number of nitriles is 1. The number of methoxy groups -OCH3 is 1. The summed E-state index contributed by atoms with van der Waals surface area (Å²) in [6.07, 6.45) is 1.66. The molecule has 0 aliphatic heterocycles. The Bertz CT molecular complexity index is 1330. The van der Waals surface area contributed by atoms with Gasteiger partial charge in [0.15, 0.2) is 0 Å². The molecule has 0 unspecified atom stereocenters. The molecule has 30 heavy (non-hydrogen) atoms. The topological polar surface area (TPSA) is 80.8 Å². The molecule has 2 aromatic carbocycles. The lowest BCUT2D eigenvalue weighted by Gasteiger charge is -2.13. The first-order valence-corrected chi connectivity index (χ1v) is 9.81. The monoisotopic (exact) mass is 458 g/mol. The summed E-state index contributed by atoms with van der Waals surface area (Å²) in [7, 11) is 1.57. The SMILES string of the molecule is COc1cc(-c2cc(-c3ccccn3)nn(-c3ccccc3C#N)c2=O)ccc1Br. The fourth-order valence-corrected chi connectivity index (χ4v) is 3.49. The van der Waals surface area contributed by atoms with Crippen molar-refractivity contribution in [3.8, 4) is 40.0 Å². The van der Waals surface area contributed by atoms with Crippen LogP contribution in [0, 0.1) is 11.3 Å². The lowest BCUT2D eigenvalue weighted by atomic mass is 10.1. The molecular formula is C23H15BrN4O2. The Morgan fingerprint density at radius 3 is 2.57 bits per heavy atom. The van der Waals surface area contributed by atoms with E-state index in [2.05, 4.69) is 32.1 Å². The third kappa shape index (κ3) is 3.61. The Morgan fingerprint density at radius 1 is 1.03 bits per heavy atom. The van der Waals surface area contributed by atoms with Crippen molar-refractivity contribution in [3.05, 3.63) is 93.3 Å². The van der Waals surface area contributed by atoms with Gasteiger partial charge in [-0.15, -0.1) is 0 Å². The van der Waals surface area contributed by atoms with Crippen molar-refractivity contribution in [1.29, 1.82) is 5.26 Å². The zero-order valence-electron chi connectivity index (χ0n) is 15.9. The second-order valence-corrected chi connectivity index (χ2v) is 7.21. The predicted molar refractivity (Wildman–Crippen MR) is 117 cm³/mol. The Hall–Kier alpha value is -3.76. The second kappa shape index (κ2) is 8.31. The molecule has 4 rings (SSSR count). The number of halogens is 1. The van der Waals surface area contributed by atoms with Crippen LogP contribution in [0.3, 0.4) is 0 Å². The van der Waals surface area contributed by atoms with Crippen LogP contribution in [0.2, 0.25) is 0 Å². The van der Waals surface area contributed by atoms with Gasteiger partial charge in [0.05, 0.1) is 34.1 Å². The fourth-order valence-electron chi connectivity index (χ4n) is 3.08. The van der Waals surface area contributed by atoms with Gasteiger partial charge in [0.25, 0.3) is 5.56 Å². The highest BCUT2D eigenvalue weighted by Crippen LogP contribution is 2.30. The zero-order chi connectivity index (χ0) is 21.1. The molecule has 0 atom stereocenters. The minimum absolute atomic E-state index is 0.346. The van der Waals surface area contributed by atoms with E-state index in [9.17, 15) is 10.1 Å². The van der Waals surface area contributed by atoms with E-state index < -0.39 is 0 Å². The Morgan fingerprint density at radius 2 is 1.83 bits per heavy atom. The molecule has 0 aliphatic carbocycles. The van der Waals surface area contributed by atoms with Crippen molar-refractivity contribution < 1.29 is 4.74 Å². The number of hydrogen-bond donors (Lipinski definition) is 0. The smallest absolute Gasteiger partial charge is 0.279 e. The third-order valence-electron chi connectivity index (χ3n) is 4.55. The number of benzene rings is 2. The summed E-state index contributed by atoms with van der Waals surface area (Å²) in [5.41, 5.74) is 2.64. The summed E-state index contributed by atoms with van der Waals surface area (Å²) >= 11 is 3.44. The quantitative estimate of drug-likeness (QED) is 0.446. The van der Waals surface area contributed by atoms with E-state index in [1.165, 1.54) is 4.68 Å². The number of hydrogen-bond acceptors (Lipinski definition) is 5. The second-order valence-electron chi connectivity index (χ2n) is 6.35. The Kier molecular flexibility index (Phi) is 5.42. The van der Waals surface area contributed by atoms with Crippen LogP contribution < -0.4 is 10.3 Å². The summed E-state index contributed by atoms with van der Waals surface area (Å²) in [5, 5.41) is 14.0. The molecule has 0 amide bonds. The first-order chi connectivity index (χ1) is 14.6. The number of nitrogens with zero attached hydrogens (tertiary/aromatic N) is 4. The highest BCUT2D eigenvalue weighted by Gasteiger charge is 2.16. The van der Waals surface area contributed by atoms with Gasteiger partial charge in [-0.05, 0) is 64.0 Å². The molecule has 0 spiro atoms. The van der Waals surface area contributed by atoms with Crippen LogP contribution in [0.1, 0.15) is 5.56 Å². The van der Waals surface area contributed by atoms with Crippen molar-refractivity contribution in [2.24, 2.45) is 0 Å². The van der Waals surface area contributed by atoms with Crippen LogP contribution in [-0.4, -0.2) is 21.9 Å². The van der Waals surface area contributed by atoms with Gasteiger partial charge in [-0.25, -0.2) is 0 Å². The van der Waals surface area contributed by atoms with Gasteiger partial charge in [0.2, 0.25) is 0 Å². The summed E-state index contributed by atoms with van der Waals surface area (Å²) in [5.74, 6) is 0.604. The summed E-state index contributed by atoms with van der Waals surface area (Å²) in [6, 6.07) is 21.6. The maximum Gasteiger partial charge on any atom is 0.279 e. The summed E-state index contributed by atoms with van der Waals surface area (Å²) < 4.78 is 7.42. The van der Waals surface area contributed by atoms with Gasteiger partial charge in [0, 0.05) is 6.20 Å². The number of para-hydroxylation sites is 1. The molecule has 146 valence electrons. The van der Waals surface area contributed by atoms with Crippen molar-refractivity contribution in [1.82, 2.24) is 14.8 Å². The van der Waals surface area contributed by atoms with Gasteiger partial charge in [-0.2, -0.15) is 15.0 Å². The highest BCUT2D eigenvalue weighted by molar-refractivity contribution is 9.10. The molecule has 0 saturated heterocycles. The van der Waals surface area contributed by atoms with Crippen molar-refractivity contribution in [2.75, 3.05) is 7.11 Å². The maximum absolute atomic E-state index is 13.4. The molecule has 0 aliphatic rings. The molecule has 0 bridgehead atoms. The molecule has 0 N–H and O–H groups in total. The van der Waals surface area contributed by atoms with Gasteiger partial charge < -0.3 is 4.74 Å². The van der Waals surface area contributed by atoms with Gasteiger partial charge in [-0.3, -0.25) is 9.78 Å². The van der Waals surface area contributed by atoms with Gasteiger partial charge in [0.1, 0.15) is 17.5 Å². The minimum Gasteiger partial charge on any atom is -0.496 e. The lowest BCUT2D eigenvalue weighted by Crippen LogP contribution is -2.24. The molecule has 2 aromatic heterocycles. The van der Waals surface area contributed by atoms with Gasteiger partial charge in [-0.1, -0.05) is 24.3 Å². The van der Waals surface area contributed by atoms with E-state index in [0.29, 0.717) is 39.5 Å². The minimum atomic E-state index is -0.346. The Labute approximate surface area is 181 Å². The fraction of sp³-hybridized carbons (Fsp3) is 0.0435. The maximum atomic E-state index is 13.4. The Balaban J connectivity index is 2.04. The summed E-state index contributed by atoms with van der Waals surface area (Å²) in [4.78, 5) is 17.8. The zero-order valence-corrected chi connectivity index (χ0v) is 17.5. The summed E-state index contributed by atoms with van der Waals surface area (Å²) in [6.45, 7) is 0. The normalized spacial score (nSPS) is 10.4. The molecule has 0 fully saturated rings. The van der Waals surface area contributed by atoms with Crippen molar-refractivity contribution >= 4 is 15.9 Å². The van der Waals surface area contributed by atoms with Crippen molar-refractivity contribution in [2.45, 2.75) is 0 Å². The molecular weight excluding hydrogens is 444 g/mol. The molecule has 0 radical (unpaired) electrons. The van der Waals surface area contributed by atoms with Gasteiger partial charge >= 0.3 is 0 Å². The molecule has 4 aromatic rings. The average Bonchev–Trinajstić information content (AvgIpc) is 2.80. The number of pyridine rings is 1. The first-order valence-electron chi connectivity index (χ1n) is 9.01. The van der Waals surface area contributed by atoms with E-state index >= 15 is 0 Å².